The standard InChI is InChI=1S/C14H19ClN2O.ClH/c1-10-6-12(8-13(15)7-10)14(18)17-5-3-11-2-4-16-9-11;/h6-8,11,16H,2-5,9H2,1H3,(H,17,18);1H. The van der Waals surface area contributed by atoms with E-state index in [0.29, 0.717) is 16.5 Å². The van der Waals surface area contributed by atoms with Crippen LogP contribution in [-0.2, 0) is 0 Å². The zero-order chi connectivity index (χ0) is 13.0. The maximum absolute atomic E-state index is 11.9. The number of rotatable bonds is 4. The van der Waals surface area contributed by atoms with Crippen molar-refractivity contribution < 1.29 is 4.79 Å². The van der Waals surface area contributed by atoms with Gasteiger partial charge in [0.15, 0.2) is 0 Å². The first-order chi connectivity index (χ1) is 8.65. The SMILES string of the molecule is Cc1cc(Cl)cc(C(=O)NCCC2CCNC2)c1.Cl. The molecular formula is C14H20Cl2N2O. The highest BCUT2D eigenvalue weighted by Gasteiger charge is 2.14. The minimum atomic E-state index is -0.0356. The monoisotopic (exact) mass is 302 g/mol. The number of halogens is 2. The van der Waals surface area contributed by atoms with Crippen molar-refractivity contribution in [1.29, 1.82) is 0 Å². The van der Waals surface area contributed by atoms with Crippen LogP contribution in [0.1, 0.15) is 28.8 Å². The third kappa shape index (κ3) is 5.01. The Kier molecular flexibility index (Phi) is 6.63. The number of hydrogen-bond donors (Lipinski definition) is 2. The molecule has 1 aliphatic rings. The number of nitrogens with one attached hydrogen (secondary N) is 2. The second kappa shape index (κ2) is 7.73. The van der Waals surface area contributed by atoms with Gasteiger partial charge in [-0.05, 0) is 62.5 Å². The average Bonchev–Trinajstić information content (AvgIpc) is 2.80. The quantitative estimate of drug-likeness (QED) is 0.898. The molecule has 1 amide bonds. The molecule has 1 aromatic rings. The fraction of sp³-hybridized carbons (Fsp3) is 0.500. The van der Waals surface area contributed by atoms with Gasteiger partial charge < -0.3 is 10.6 Å². The van der Waals surface area contributed by atoms with E-state index in [0.717, 1.165) is 31.6 Å². The molecule has 2 rings (SSSR count). The van der Waals surface area contributed by atoms with Crippen LogP contribution < -0.4 is 10.6 Å². The molecule has 1 atom stereocenters. The molecule has 1 unspecified atom stereocenters. The summed E-state index contributed by atoms with van der Waals surface area (Å²) in [6.07, 6.45) is 2.25. The van der Waals surface area contributed by atoms with E-state index in [1.54, 1.807) is 6.07 Å². The zero-order valence-corrected chi connectivity index (χ0v) is 12.6. The Labute approximate surface area is 125 Å². The Hall–Kier alpha value is -0.770. The van der Waals surface area contributed by atoms with Gasteiger partial charge in [-0.3, -0.25) is 4.79 Å². The predicted octanol–water partition coefficient (Wildman–Crippen LogP) is 2.80. The summed E-state index contributed by atoms with van der Waals surface area (Å²) in [5.41, 5.74) is 1.65. The summed E-state index contributed by atoms with van der Waals surface area (Å²) in [6, 6.07) is 5.42. The molecule has 0 aliphatic carbocycles. The molecule has 1 aliphatic heterocycles. The van der Waals surface area contributed by atoms with Crippen molar-refractivity contribution in [3.05, 3.63) is 34.3 Å². The number of carbonyl (C=O) groups is 1. The van der Waals surface area contributed by atoms with Crippen molar-refractivity contribution in [2.75, 3.05) is 19.6 Å². The molecule has 1 heterocycles. The Balaban J connectivity index is 0.00000180. The summed E-state index contributed by atoms with van der Waals surface area (Å²) in [7, 11) is 0. The van der Waals surface area contributed by atoms with Crippen LogP contribution in [0.15, 0.2) is 18.2 Å². The highest BCUT2D eigenvalue weighted by molar-refractivity contribution is 6.31. The normalized spacial score (nSPS) is 17.9. The third-order valence-corrected chi connectivity index (χ3v) is 3.52. The van der Waals surface area contributed by atoms with Crippen molar-refractivity contribution in [2.24, 2.45) is 5.92 Å². The van der Waals surface area contributed by atoms with Crippen molar-refractivity contribution in [2.45, 2.75) is 19.8 Å². The number of hydrogen-bond acceptors (Lipinski definition) is 2. The van der Waals surface area contributed by atoms with Gasteiger partial charge in [-0.15, -0.1) is 12.4 Å². The molecule has 0 bridgehead atoms. The van der Waals surface area contributed by atoms with Crippen LogP contribution >= 0.6 is 24.0 Å². The van der Waals surface area contributed by atoms with Gasteiger partial charge in [0.05, 0.1) is 0 Å². The van der Waals surface area contributed by atoms with Gasteiger partial charge >= 0.3 is 0 Å². The minimum Gasteiger partial charge on any atom is -0.352 e. The molecule has 0 radical (unpaired) electrons. The van der Waals surface area contributed by atoms with Crippen molar-refractivity contribution >= 4 is 29.9 Å². The first-order valence-corrected chi connectivity index (χ1v) is 6.79. The highest BCUT2D eigenvalue weighted by Crippen LogP contribution is 2.15. The summed E-state index contributed by atoms with van der Waals surface area (Å²) >= 11 is 5.94. The lowest BCUT2D eigenvalue weighted by atomic mass is 10.1. The molecule has 2 N–H and O–H groups in total. The molecule has 106 valence electrons. The predicted molar refractivity (Wildman–Crippen MR) is 81.4 cm³/mol. The van der Waals surface area contributed by atoms with E-state index in [1.807, 2.05) is 19.1 Å². The molecule has 3 nitrogen and oxygen atoms in total. The van der Waals surface area contributed by atoms with Crippen LogP contribution in [0.5, 0.6) is 0 Å². The van der Waals surface area contributed by atoms with E-state index in [9.17, 15) is 4.79 Å². The van der Waals surface area contributed by atoms with Crippen LogP contribution in [0.4, 0.5) is 0 Å². The third-order valence-electron chi connectivity index (χ3n) is 3.30. The van der Waals surface area contributed by atoms with Crippen LogP contribution in [-0.4, -0.2) is 25.5 Å². The summed E-state index contributed by atoms with van der Waals surface area (Å²) in [5.74, 6) is 0.665. The molecule has 0 aromatic heterocycles. The van der Waals surface area contributed by atoms with Gasteiger partial charge in [-0.1, -0.05) is 11.6 Å². The summed E-state index contributed by atoms with van der Waals surface area (Å²) in [5, 5.41) is 6.89. The number of benzene rings is 1. The van der Waals surface area contributed by atoms with Gasteiger partial charge in [-0.2, -0.15) is 0 Å². The Bertz CT molecular complexity index is 411. The number of aryl methyl sites for hydroxylation is 1. The topological polar surface area (TPSA) is 41.1 Å². The fourth-order valence-corrected chi connectivity index (χ4v) is 2.61. The van der Waals surface area contributed by atoms with E-state index in [1.165, 1.54) is 6.42 Å². The van der Waals surface area contributed by atoms with Gasteiger partial charge in [-0.25, -0.2) is 0 Å². The first-order valence-electron chi connectivity index (χ1n) is 6.41. The fourth-order valence-electron chi connectivity index (χ4n) is 2.32. The molecule has 19 heavy (non-hydrogen) atoms. The number of amides is 1. The largest absolute Gasteiger partial charge is 0.352 e. The molecule has 5 heteroatoms. The van der Waals surface area contributed by atoms with Gasteiger partial charge in [0.2, 0.25) is 0 Å². The highest BCUT2D eigenvalue weighted by atomic mass is 35.5. The smallest absolute Gasteiger partial charge is 0.251 e. The second-order valence-electron chi connectivity index (χ2n) is 4.92. The van der Waals surface area contributed by atoms with Crippen LogP contribution in [0, 0.1) is 12.8 Å². The van der Waals surface area contributed by atoms with Gasteiger partial charge in [0.1, 0.15) is 0 Å². The maximum atomic E-state index is 11.9. The van der Waals surface area contributed by atoms with E-state index in [4.69, 9.17) is 11.6 Å². The molecule has 1 fully saturated rings. The lowest BCUT2D eigenvalue weighted by Gasteiger charge is -2.10. The summed E-state index contributed by atoms with van der Waals surface area (Å²) in [4.78, 5) is 11.9. The van der Waals surface area contributed by atoms with Crippen LogP contribution in [0.2, 0.25) is 5.02 Å². The lowest BCUT2D eigenvalue weighted by Crippen LogP contribution is -2.26. The maximum Gasteiger partial charge on any atom is 0.251 e. The van der Waals surface area contributed by atoms with E-state index in [2.05, 4.69) is 10.6 Å². The Morgan fingerprint density at radius 1 is 1.47 bits per heavy atom. The van der Waals surface area contributed by atoms with E-state index >= 15 is 0 Å². The summed E-state index contributed by atoms with van der Waals surface area (Å²) < 4.78 is 0. The molecule has 0 saturated carbocycles. The van der Waals surface area contributed by atoms with Crippen molar-refractivity contribution in [3.8, 4) is 0 Å². The first kappa shape index (κ1) is 16.3. The molecule has 0 spiro atoms. The van der Waals surface area contributed by atoms with Crippen molar-refractivity contribution in [1.82, 2.24) is 10.6 Å². The lowest BCUT2D eigenvalue weighted by molar-refractivity contribution is 0.0951. The van der Waals surface area contributed by atoms with Crippen molar-refractivity contribution in [3.63, 3.8) is 0 Å². The Morgan fingerprint density at radius 3 is 2.89 bits per heavy atom. The average molecular weight is 303 g/mol. The molecular weight excluding hydrogens is 283 g/mol. The van der Waals surface area contributed by atoms with E-state index < -0.39 is 0 Å². The van der Waals surface area contributed by atoms with Crippen LogP contribution in [0.25, 0.3) is 0 Å². The second-order valence-corrected chi connectivity index (χ2v) is 5.36. The minimum absolute atomic E-state index is 0. The van der Waals surface area contributed by atoms with Gasteiger partial charge in [0.25, 0.3) is 5.91 Å². The molecule has 1 saturated heterocycles. The summed E-state index contributed by atoms with van der Waals surface area (Å²) in [6.45, 7) is 4.85. The Morgan fingerprint density at radius 2 is 2.26 bits per heavy atom. The van der Waals surface area contributed by atoms with E-state index in [-0.39, 0.29) is 18.3 Å². The number of carbonyl (C=O) groups excluding carboxylic acids is 1. The van der Waals surface area contributed by atoms with Crippen LogP contribution in [0.3, 0.4) is 0 Å². The molecule has 1 aromatic carbocycles. The zero-order valence-electron chi connectivity index (χ0n) is 11.0. The van der Waals surface area contributed by atoms with Gasteiger partial charge in [0, 0.05) is 17.1 Å².